The van der Waals surface area contributed by atoms with Crippen LogP contribution in [0.15, 0.2) is 81.2 Å². The second-order valence-corrected chi connectivity index (χ2v) is 18.1. The van der Waals surface area contributed by atoms with Crippen LogP contribution in [0.3, 0.4) is 0 Å². The largest absolute Gasteiger partial charge is 0.481 e. The molecule has 0 aromatic heterocycles. The van der Waals surface area contributed by atoms with Crippen LogP contribution >= 0.6 is 11.6 Å². The molecule has 0 fully saturated rings. The number of carboxylic acids is 1. The van der Waals surface area contributed by atoms with Crippen LogP contribution in [-0.4, -0.2) is 68.0 Å². The molecule has 0 bridgehead atoms. The van der Waals surface area contributed by atoms with Crippen LogP contribution in [0.2, 0.25) is 5.02 Å². The lowest BCUT2D eigenvalue weighted by molar-refractivity contribution is -0.137. The van der Waals surface area contributed by atoms with E-state index < -0.39 is 52.9 Å². The zero-order valence-electron chi connectivity index (χ0n) is 28.3. The van der Waals surface area contributed by atoms with Gasteiger partial charge in [-0.15, -0.1) is 0 Å². The van der Waals surface area contributed by atoms with Crippen LogP contribution in [0.25, 0.3) is 0 Å². The molecule has 0 aliphatic carbocycles. The van der Waals surface area contributed by atoms with E-state index >= 15 is 0 Å². The van der Waals surface area contributed by atoms with Gasteiger partial charge in [-0.1, -0.05) is 56.5 Å². The fraction of sp³-hybridized carbons (Fsp3) is 0.412. The molecule has 0 saturated carbocycles. The smallest absolute Gasteiger partial charge is 0.303 e. The summed E-state index contributed by atoms with van der Waals surface area (Å²) in [6.07, 6.45) is 11.6. The first-order valence-corrected chi connectivity index (χ1v) is 20.9. The Morgan fingerprint density at radius 3 is 2.14 bits per heavy atom. The average molecular weight is 785 g/mol. The summed E-state index contributed by atoms with van der Waals surface area (Å²) >= 11 is 6.33. The Hall–Kier alpha value is -3.38. The number of fused-ring (bicyclic) bond motifs is 2. The van der Waals surface area contributed by atoms with Crippen molar-refractivity contribution in [1.82, 2.24) is 0 Å². The molecule has 13 nitrogen and oxygen atoms in total. The van der Waals surface area contributed by atoms with Gasteiger partial charge in [0.05, 0.1) is 32.0 Å². The molecule has 1 unspecified atom stereocenters. The van der Waals surface area contributed by atoms with Crippen molar-refractivity contribution in [3.05, 3.63) is 82.6 Å². The molecular formula is C34H41ClN2O11S3. The Morgan fingerprint density at radius 1 is 0.843 bits per heavy atom. The molecule has 4 rings (SSSR count). The molecule has 4 N–H and O–H groups in total. The average Bonchev–Trinajstić information content (AvgIpc) is 3.40. The lowest BCUT2D eigenvalue weighted by Gasteiger charge is -2.30. The Bertz CT molecular complexity index is 2160. The van der Waals surface area contributed by atoms with E-state index in [9.17, 15) is 43.7 Å². The second-order valence-electron chi connectivity index (χ2n) is 13.3. The van der Waals surface area contributed by atoms with Gasteiger partial charge in [-0.2, -0.15) is 25.3 Å². The number of nitrogens with zero attached hydrogens (tertiary/aromatic N) is 2. The third kappa shape index (κ3) is 9.54. The Labute approximate surface area is 303 Å². The maximum Gasteiger partial charge on any atom is 0.303 e. The Kier molecular flexibility index (Phi) is 12.1. The number of unbranched alkanes of at least 4 members (excludes halogenated alkanes) is 3. The third-order valence-corrected chi connectivity index (χ3v) is 12.0. The summed E-state index contributed by atoms with van der Waals surface area (Å²) in [5.74, 6) is -1.33. The molecule has 2 aliphatic rings. The minimum Gasteiger partial charge on any atom is -0.481 e. The van der Waals surface area contributed by atoms with Crippen molar-refractivity contribution >= 4 is 65.0 Å². The summed E-state index contributed by atoms with van der Waals surface area (Å²) in [5, 5.41) is 9.15. The van der Waals surface area contributed by atoms with Crippen molar-refractivity contribution in [2.75, 3.05) is 17.2 Å². The number of halogens is 1. The highest BCUT2D eigenvalue weighted by Gasteiger charge is 2.43. The first-order valence-electron chi connectivity index (χ1n) is 16.1. The van der Waals surface area contributed by atoms with Gasteiger partial charge in [0.15, 0.2) is 0 Å². The SMILES string of the molecule is CC1(C)C(/C=C/C=C/C=C2/N(CCCCS(=O)(=O)O)c3ccc(S(=O)(=O)O)cc3C2(C)CCCCCC(=O)O)=Nc2c(Cl)cc(S(=O)(=O)O)cc21. The fourth-order valence-electron chi connectivity index (χ4n) is 6.50. The van der Waals surface area contributed by atoms with E-state index in [2.05, 4.69) is 4.99 Å². The minimum absolute atomic E-state index is 0.0128. The van der Waals surface area contributed by atoms with Crippen molar-refractivity contribution in [2.45, 2.75) is 86.3 Å². The van der Waals surface area contributed by atoms with Crippen LogP contribution in [0, 0.1) is 0 Å². The van der Waals surface area contributed by atoms with E-state index in [4.69, 9.17) is 16.7 Å². The molecule has 278 valence electrons. The molecule has 1 atom stereocenters. The Balaban J connectivity index is 1.69. The molecule has 2 heterocycles. The highest BCUT2D eigenvalue weighted by molar-refractivity contribution is 7.86. The van der Waals surface area contributed by atoms with E-state index in [0.717, 1.165) is 11.8 Å². The summed E-state index contributed by atoms with van der Waals surface area (Å²) in [7, 11) is -13.2. The first-order chi connectivity index (χ1) is 23.6. The lowest BCUT2D eigenvalue weighted by atomic mass is 9.77. The molecule has 2 aliphatic heterocycles. The molecule has 51 heavy (non-hydrogen) atoms. The molecule has 17 heteroatoms. The van der Waals surface area contributed by atoms with E-state index in [0.29, 0.717) is 66.9 Å². The summed E-state index contributed by atoms with van der Waals surface area (Å²) in [5.41, 5.74) is 2.02. The maximum atomic E-state index is 12.1. The summed E-state index contributed by atoms with van der Waals surface area (Å²) in [6.45, 7) is 5.95. The minimum atomic E-state index is -4.54. The zero-order valence-corrected chi connectivity index (χ0v) is 31.5. The quantitative estimate of drug-likeness (QED) is 0.0797. The number of carboxylic acid groups (broad SMARTS) is 1. The Morgan fingerprint density at radius 2 is 1.51 bits per heavy atom. The monoisotopic (exact) mass is 784 g/mol. The summed E-state index contributed by atoms with van der Waals surface area (Å²) < 4.78 is 99.2. The second kappa shape index (κ2) is 15.3. The standard InChI is InChI=1S/C34H41ClN2O11S3/c1-33(2)26-21-24(51(46,47)48)22-27(35)32(26)36-29(33)12-6-4-7-13-30-34(3,17-9-5-8-14-31(38)39)25-20-23(50(43,44)45)15-16-28(25)37(30)18-10-11-19-49(40,41)42/h4,6-7,12-13,15-16,20-22H,5,8-11,14,17-19H2,1-3H3,(H,38,39)(H,40,41,42)(H,43,44,45)(H,46,47,48)/b7-4+,12-6+,30-13+. The number of carbonyl (C=O) groups is 1. The number of rotatable bonds is 16. The van der Waals surface area contributed by atoms with Gasteiger partial charge in [-0.25, -0.2) is 0 Å². The molecule has 2 aromatic carbocycles. The van der Waals surface area contributed by atoms with Crippen molar-refractivity contribution in [1.29, 1.82) is 0 Å². The van der Waals surface area contributed by atoms with Crippen LogP contribution in [0.4, 0.5) is 11.4 Å². The summed E-state index contributed by atoms with van der Waals surface area (Å²) in [6, 6.07) is 6.80. The molecule has 0 radical (unpaired) electrons. The van der Waals surface area contributed by atoms with Gasteiger partial charge in [0.1, 0.15) is 0 Å². The van der Waals surface area contributed by atoms with Gasteiger partial charge in [-0.3, -0.25) is 23.4 Å². The molecular weight excluding hydrogens is 744 g/mol. The predicted octanol–water partition coefficient (Wildman–Crippen LogP) is 6.67. The molecule has 2 aromatic rings. The third-order valence-electron chi connectivity index (χ3n) is 9.22. The molecule has 0 spiro atoms. The number of allylic oxidation sites excluding steroid dienone is 6. The van der Waals surface area contributed by atoms with Crippen LogP contribution in [0.5, 0.6) is 0 Å². The van der Waals surface area contributed by atoms with Gasteiger partial charge in [0, 0.05) is 35.2 Å². The molecule has 0 saturated heterocycles. The fourth-order valence-corrected chi connectivity index (χ4v) is 8.43. The van der Waals surface area contributed by atoms with Gasteiger partial charge in [0.25, 0.3) is 30.4 Å². The van der Waals surface area contributed by atoms with E-state index in [1.807, 2.05) is 31.7 Å². The van der Waals surface area contributed by atoms with E-state index in [-0.39, 0.29) is 27.7 Å². The van der Waals surface area contributed by atoms with Crippen molar-refractivity contribution in [3.8, 4) is 0 Å². The van der Waals surface area contributed by atoms with Crippen LogP contribution < -0.4 is 4.90 Å². The van der Waals surface area contributed by atoms with Gasteiger partial charge >= 0.3 is 5.97 Å². The number of anilines is 1. The van der Waals surface area contributed by atoms with E-state index in [1.54, 1.807) is 30.4 Å². The van der Waals surface area contributed by atoms with Crippen LogP contribution in [-0.2, 0) is 46.0 Å². The van der Waals surface area contributed by atoms with Crippen molar-refractivity contribution < 1.29 is 48.8 Å². The predicted molar refractivity (Wildman–Crippen MR) is 195 cm³/mol. The number of hydrogen-bond acceptors (Lipinski definition) is 9. The van der Waals surface area contributed by atoms with Crippen molar-refractivity contribution in [2.24, 2.45) is 4.99 Å². The topological polar surface area (TPSA) is 216 Å². The normalized spacial score (nSPS) is 19.6. The van der Waals surface area contributed by atoms with Crippen molar-refractivity contribution in [3.63, 3.8) is 0 Å². The number of benzene rings is 2. The maximum absolute atomic E-state index is 12.1. The number of aliphatic imine (C=N–C) groups is 1. The van der Waals surface area contributed by atoms with Gasteiger partial charge in [0.2, 0.25) is 0 Å². The molecule has 0 amide bonds. The lowest BCUT2D eigenvalue weighted by Crippen LogP contribution is -2.29. The van der Waals surface area contributed by atoms with E-state index in [1.165, 1.54) is 18.2 Å². The van der Waals surface area contributed by atoms with Gasteiger partial charge in [-0.05, 0) is 86.2 Å². The number of aliphatic carboxylic acids is 1. The summed E-state index contributed by atoms with van der Waals surface area (Å²) in [4.78, 5) is 17.0. The number of hydrogen-bond donors (Lipinski definition) is 4. The highest BCUT2D eigenvalue weighted by Crippen LogP contribution is 2.51. The van der Waals surface area contributed by atoms with Gasteiger partial charge < -0.3 is 10.0 Å². The van der Waals surface area contributed by atoms with Crippen LogP contribution in [0.1, 0.15) is 76.8 Å². The zero-order chi connectivity index (χ0) is 38.0. The highest BCUT2D eigenvalue weighted by atomic mass is 35.5. The first kappa shape index (κ1) is 40.4.